The lowest BCUT2D eigenvalue weighted by Crippen LogP contribution is -2.77. The van der Waals surface area contributed by atoms with Gasteiger partial charge in [-0.05, 0) is 0 Å². The van der Waals surface area contributed by atoms with Gasteiger partial charge in [-0.2, -0.15) is 184 Å². The molecule has 0 saturated carbocycles. The lowest BCUT2D eigenvalue weighted by molar-refractivity contribution is -0.474. The Morgan fingerprint density at radius 1 is 0.179 bits per heavy atom. The van der Waals surface area contributed by atoms with Gasteiger partial charge < -0.3 is 4.74 Å². The van der Waals surface area contributed by atoms with Gasteiger partial charge in [0.05, 0.1) is 0 Å². The van der Waals surface area contributed by atoms with Crippen molar-refractivity contribution >= 4 is 0 Å². The SMILES string of the molecule is C=C(OC(=C)C(F)(F)C(F)(F)C(F)(F)C(F)(F)C(F)(F)C(F)(F)C(F)(F)C(F)(F)C(F)(F)C(F)(F)F)C(F)(F)C(F)(F)C(F)(F)C(F)(F)C(F)(F)C(F)(F)C(F)(F)C(F)(F)C(F)(F)C(F)(F)F. The molecule has 0 unspecified atom stereocenters. The molecule has 0 heterocycles. The summed E-state index contributed by atoms with van der Waals surface area (Å²) in [6.07, 6.45) is -16.8. The molecule has 43 heteroatoms. The van der Waals surface area contributed by atoms with Crippen LogP contribution in [0.5, 0.6) is 0 Å². The van der Waals surface area contributed by atoms with Gasteiger partial charge in [0, 0.05) is 0 Å². The van der Waals surface area contributed by atoms with Crippen molar-refractivity contribution in [3.63, 3.8) is 0 Å². The minimum atomic E-state index is -9.92. The van der Waals surface area contributed by atoms with E-state index in [4.69, 9.17) is 0 Å². The number of ether oxygens (including phenoxy) is 1. The van der Waals surface area contributed by atoms with E-state index < -0.39 is 130 Å². The molecule has 0 aliphatic carbocycles. The third-order valence-corrected chi connectivity index (χ3v) is 7.97. The summed E-state index contributed by atoms with van der Waals surface area (Å²) in [7, 11) is 0. The van der Waals surface area contributed by atoms with Gasteiger partial charge in [-0.1, -0.05) is 13.2 Å². The Kier molecular flexibility index (Phi) is 14.6. The largest absolute Gasteiger partial charge is 0.460 e. The zero-order valence-electron chi connectivity index (χ0n) is 28.7. The van der Waals surface area contributed by atoms with E-state index in [9.17, 15) is 184 Å². The van der Waals surface area contributed by atoms with Crippen molar-refractivity contribution in [1.29, 1.82) is 0 Å². The van der Waals surface area contributed by atoms with E-state index in [0.717, 1.165) is 13.2 Å². The predicted octanol–water partition coefficient (Wildman–Crippen LogP) is 14.6. The molecule has 67 heavy (non-hydrogen) atoms. The Morgan fingerprint density at radius 3 is 0.403 bits per heavy atom. The molecule has 0 bridgehead atoms. The number of hydrogen-bond acceptors (Lipinski definition) is 1. The van der Waals surface area contributed by atoms with Crippen molar-refractivity contribution in [2.75, 3.05) is 0 Å². The third-order valence-electron chi connectivity index (χ3n) is 7.97. The first-order valence-corrected chi connectivity index (χ1v) is 14.1. The summed E-state index contributed by atoms with van der Waals surface area (Å²) in [5.74, 6) is -180. The second-order valence-corrected chi connectivity index (χ2v) is 12.3. The van der Waals surface area contributed by atoms with Crippen molar-refractivity contribution < 1.29 is 189 Å². The molecule has 0 aliphatic heterocycles. The molecule has 0 atom stereocenters. The molecule has 0 aromatic rings. The van der Waals surface area contributed by atoms with Gasteiger partial charge in [0.25, 0.3) is 0 Å². The van der Waals surface area contributed by atoms with Gasteiger partial charge >= 0.3 is 119 Å². The van der Waals surface area contributed by atoms with Crippen LogP contribution in [0.2, 0.25) is 0 Å². The molecule has 0 spiro atoms. The van der Waals surface area contributed by atoms with Crippen LogP contribution in [0, 0.1) is 0 Å². The molecule has 0 N–H and O–H groups in total. The highest BCUT2D eigenvalue weighted by atomic mass is 19.5. The first kappa shape index (κ1) is 63.3. The van der Waals surface area contributed by atoms with Crippen molar-refractivity contribution in [3.05, 3.63) is 24.7 Å². The van der Waals surface area contributed by atoms with Crippen LogP contribution in [0.3, 0.4) is 0 Å². The summed E-state index contributed by atoms with van der Waals surface area (Å²) in [5.41, 5.74) is 0. The van der Waals surface area contributed by atoms with Crippen LogP contribution in [0.4, 0.5) is 184 Å². The molecule has 0 aromatic carbocycles. The molecule has 0 saturated heterocycles. The molecule has 1 nitrogen and oxygen atoms in total. The van der Waals surface area contributed by atoms with Crippen molar-refractivity contribution in [3.8, 4) is 0 Å². The maximum absolute atomic E-state index is 14.2. The van der Waals surface area contributed by atoms with E-state index in [1.54, 1.807) is 0 Å². The van der Waals surface area contributed by atoms with Crippen LogP contribution in [-0.2, 0) is 4.74 Å². The minimum Gasteiger partial charge on any atom is -0.454 e. The van der Waals surface area contributed by atoms with E-state index in [-0.39, 0.29) is 0 Å². The molecule has 0 radical (unpaired) electrons. The average molecular weight is 1110 g/mol. The molecule has 0 aromatic heterocycles. The summed E-state index contributed by atoms with van der Waals surface area (Å²) in [5, 5.41) is 0. The summed E-state index contributed by atoms with van der Waals surface area (Å²) in [6.45, 7) is 1.72. The Morgan fingerprint density at radius 2 is 0.284 bits per heavy atom. The Hall–Kier alpha value is -3.66. The predicted molar refractivity (Wildman–Crippen MR) is 121 cm³/mol. The smallest absolute Gasteiger partial charge is 0.454 e. The van der Waals surface area contributed by atoms with Gasteiger partial charge in [-0.3, -0.25) is 0 Å². The van der Waals surface area contributed by atoms with E-state index in [0.29, 0.717) is 0 Å². The Bertz CT molecular complexity index is 1720. The van der Waals surface area contributed by atoms with Gasteiger partial charge in [-0.25, -0.2) is 0 Å². The second-order valence-electron chi connectivity index (χ2n) is 12.3. The van der Waals surface area contributed by atoms with Crippen LogP contribution in [0.25, 0.3) is 0 Å². The number of alkyl halides is 42. The summed E-state index contributed by atoms with van der Waals surface area (Å²) in [6, 6.07) is 0. The summed E-state index contributed by atoms with van der Waals surface area (Å²) < 4.78 is 569. The Balaban J connectivity index is 7.49. The quantitative estimate of drug-likeness (QED) is 0.0872. The number of halogens is 42. The normalized spacial score (nSPS) is 16.9. The number of hydrogen-bond donors (Lipinski definition) is 0. The average Bonchev–Trinajstić information content (AvgIpc) is 3.08. The van der Waals surface area contributed by atoms with Gasteiger partial charge in [0.1, 0.15) is 0 Å². The van der Waals surface area contributed by atoms with Gasteiger partial charge in [0.15, 0.2) is 11.5 Å². The zero-order valence-corrected chi connectivity index (χ0v) is 28.7. The molecule has 0 aliphatic rings. The molecular formula is C24H4F42O. The summed E-state index contributed by atoms with van der Waals surface area (Å²) >= 11 is 0. The first-order valence-electron chi connectivity index (χ1n) is 14.1. The van der Waals surface area contributed by atoms with Crippen LogP contribution in [-0.4, -0.2) is 119 Å². The third kappa shape index (κ3) is 7.47. The Labute approximate surface area is 334 Å². The maximum Gasteiger partial charge on any atom is 0.460 e. The van der Waals surface area contributed by atoms with E-state index in [1.807, 2.05) is 0 Å². The fourth-order valence-electron chi connectivity index (χ4n) is 3.74. The van der Waals surface area contributed by atoms with E-state index in [1.165, 1.54) is 0 Å². The van der Waals surface area contributed by atoms with Crippen molar-refractivity contribution in [2.45, 2.75) is 119 Å². The lowest BCUT2D eigenvalue weighted by Gasteiger charge is -2.45. The van der Waals surface area contributed by atoms with Crippen LogP contribution >= 0.6 is 0 Å². The van der Waals surface area contributed by atoms with E-state index >= 15 is 0 Å². The van der Waals surface area contributed by atoms with Crippen LogP contribution < -0.4 is 0 Å². The van der Waals surface area contributed by atoms with Crippen LogP contribution in [0.1, 0.15) is 0 Å². The summed E-state index contributed by atoms with van der Waals surface area (Å²) in [4.78, 5) is 0. The number of allylic oxidation sites excluding steroid dienone is 2. The second kappa shape index (κ2) is 15.4. The lowest BCUT2D eigenvalue weighted by atomic mass is 9.86. The molecule has 0 amide bonds. The number of rotatable bonds is 20. The van der Waals surface area contributed by atoms with Crippen molar-refractivity contribution in [2.24, 2.45) is 0 Å². The fraction of sp³-hybridized carbons (Fsp3) is 0.833. The highest BCUT2D eigenvalue weighted by Crippen LogP contribution is 2.69. The van der Waals surface area contributed by atoms with Gasteiger partial charge in [-0.15, -0.1) is 0 Å². The van der Waals surface area contributed by atoms with Gasteiger partial charge in [0.2, 0.25) is 0 Å². The topological polar surface area (TPSA) is 9.23 Å². The van der Waals surface area contributed by atoms with Crippen molar-refractivity contribution in [1.82, 2.24) is 0 Å². The van der Waals surface area contributed by atoms with Crippen LogP contribution in [0.15, 0.2) is 24.7 Å². The zero-order chi connectivity index (χ0) is 55.9. The fourth-order valence-corrected chi connectivity index (χ4v) is 3.74. The minimum absolute atomic E-state index is 0.861. The highest BCUT2D eigenvalue weighted by molar-refractivity contribution is 5.25. The molecule has 0 rings (SSSR count). The maximum atomic E-state index is 14.2. The standard InChI is InChI=1S/C24H4F42O/c1-3(5(25,26)7(29,30)9(33,34)11(37,38)13(41,42)15(45,46)17(49,50)19(53,54)21(57,58)23(61,62)63)67-4(2)6(27,28)8(31,32)10(35,36)12(39,40)14(43,44)16(47,48)18(51,52)20(55,56)22(59,60)24(64,65)66/h1-2H2. The monoisotopic (exact) mass is 1110 g/mol. The molecule has 0 fully saturated rings. The highest BCUT2D eigenvalue weighted by Gasteiger charge is 3.00. The first-order chi connectivity index (χ1) is 28.0. The molecule has 400 valence electrons. The van der Waals surface area contributed by atoms with E-state index in [2.05, 4.69) is 4.74 Å². The molecular weight excluding hydrogens is 1100 g/mol.